The van der Waals surface area contributed by atoms with Crippen molar-refractivity contribution in [2.75, 3.05) is 59.2 Å². The first-order chi connectivity index (χ1) is 12.7. The van der Waals surface area contributed by atoms with Gasteiger partial charge in [-0.05, 0) is 31.9 Å². The molecule has 2 fully saturated rings. The van der Waals surface area contributed by atoms with Crippen LogP contribution in [0.25, 0.3) is 0 Å². The first kappa shape index (κ1) is 19.6. The molecule has 2 heterocycles. The number of ether oxygens (including phenoxy) is 2. The van der Waals surface area contributed by atoms with E-state index in [0.717, 1.165) is 70.1 Å². The van der Waals surface area contributed by atoms with E-state index in [1.165, 1.54) is 0 Å². The summed E-state index contributed by atoms with van der Waals surface area (Å²) in [6.45, 7) is 7.45. The van der Waals surface area contributed by atoms with Crippen LogP contribution in [-0.2, 0) is 11.3 Å². The Hall–Kier alpha value is -1.18. The monoisotopic (exact) mass is 364 g/mol. The van der Waals surface area contributed by atoms with Gasteiger partial charge in [0.25, 0.3) is 0 Å². The van der Waals surface area contributed by atoms with Crippen molar-refractivity contribution in [3.63, 3.8) is 0 Å². The van der Waals surface area contributed by atoms with Crippen LogP contribution in [0.3, 0.4) is 0 Å². The number of para-hydroxylation sites is 1. The molecule has 1 atom stereocenters. The predicted molar refractivity (Wildman–Crippen MR) is 100 cm³/mol. The Morgan fingerprint density at radius 3 is 2.73 bits per heavy atom. The Balaban J connectivity index is 1.48. The summed E-state index contributed by atoms with van der Waals surface area (Å²) in [5.41, 5.74) is 0.174. The lowest BCUT2D eigenvalue weighted by Gasteiger charge is -2.38. The van der Waals surface area contributed by atoms with E-state index in [1.54, 1.807) is 0 Å². The fourth-order valence-electron chi connectivity index (χ4n) is 3.78. The van der Waals surface area contributed by atoms with Crippen molar-refractivity contribution in [3.8, 4) is 5.75 Å². The minimum absolute atomic E-state index is 0.177. The van der Waals surface area contributed by atoms with Crippen LogP contribution in [0, 0.1) is 0 Å². The zero-order chi connectivity index (χ0) is 18.2. The molecule has 3 rings (SSSR count). The molecule has 0 spiro atoms. The van der Waals surface area contributed by atoms with E-state index in [2.05, 4.69) is 15.9 Å². The van der Waals surface area contributed by atoms with Crippen molar-refractivity contribution in [1.82, 2.24) is 9.80 Å². The van der Waals surface area contributed by atoms with Crippen LogP contribution in [0.1, 0.15) is 24.8 Å². The Morgan fingerprint density at radius 1 is 1.12 bits per heavy atom. The van der Waals surface area contributed by atoms with Gasteiger partial charge < -0.3 is 19.7 Å². The molecule has 2 saturated heterocycles. The summed E-state index contributed by atoms with van der Waals surface area (Å²) in [5, 5.41) is 19.8. The number of rotatable bonds is 8. The second-order valence-corrected chi connectivity index (χ2v) is 7.46. The van der Waals surface area contributed by atoms with Crippen molar-refractivity contribution in [2.24, 2.45) is 0 Å². The van der Waals surface area contributed by atoms with E-state index in [-0.39, 0.29) is 6.61 Å². The molecule has 0 amide bonds. The molecule has 2 aliphatic rings. The highest BCUT2D eigenvalue weighted by Crippen LogP contribution is 2.25. The number of morpholine rings is 1. The van der Waals surface area contributed by atoms with Gasteiger partial charge in [0.05, 0.1) is 26.4 Å². The first-order valence-corrected chi connectivity index (χ1v) is 9.75. The summed E-state index contributed by atoms with van der Waals surface area (Å²) < 4.78 is 11.4. The molecule has 26 heavy (non-hydrogen) atoms. The second-order valence-electron chi connectivity index (χ2n) is 7.46. The van der Waals surface area contributed by atoms with Crippen molar-refractivity contribution in [1.29, 1.82) is 0 Å². The van der Waals surface area contributed by atoms with Crippen molar-refractivity contribution >= 4 is 0 Å². The highest BCUT2D eigenvalue weighted by atomic mass is 16.5. The average Bonchev–Trinajstić information content (AvgIpc) is 2.67. The highest BCUT2D eigenvalue weighted by Gasteiger charge is 2.32. The van der Waals surface area contributed by atoms with Crippen LogP contribution in [0.5, 0.6) is 5.75 Å². The van der Waals surface area contributed by atoms with Crippen molar-refractivity contribution in [3.05, 3.63) is 29.8 Å². The van der Waals surface area contributed by atoms with Crippen molar-refractivity contribution in [2.45, 2.75) is 31.4 Å². The van der Waals surface area contributed by atoms with Crippen LogP contribution in [0.4, 0.5) is 0 Å². The summed E-state index contributed by atoms with van der Waals surface area (Å²) in [6.07, 6.45) is 2.57. The fraction of sp³-hybridized carbons (Fsp3) is 0.700. The Morgan fingerprint density at radius 2 is 1.92 bits per heavy atom. The normalized spacial score (nSPS) is 25.3. The summed E-state index contributed by atoms with van der Waals surface area (Å²) in [6, 6.07) is 8.13. The van der Waals surface area contributed by atoms with E-state index in [1.807, 2.05) is 18.2 Å². The molecule has 6 heteroatoms. The van der Waals surface area contributed by atoms with Gasteiger partial charge in [-0.1, -0.05) is 18.2 Å². The average molecular weight is 364 g/mol. The maximum Gasteiger partial charge on any atom is 0.123 e. The van der Waals surface area contributed by atoms with Crippen LogP contribution >= 0.6 is 0 Å². The number of nitrogens with zero attached hydrogens (tertiary/aromatic N) is 2. The summed E-state index contributed by atoms with van der Waals surface area (Å²) in [4.78, 5) is 4.62. The van der Waals surface area contributed by atoms with E-state index >= 15 is 0 Å². The number of aliphatic hydroxyl groups excluding tert-OH is 1. The van der Waals surface area contributed by atoms with Gasteiger partial charge in [-0.3, -0.25) is 9.80 Å². The summed E-state index contributed by atoms with van der Waals surface area (Å²) in [7, 11) is 0. The lowest BCUT2D eigenvalue weighted by molar-refractivity contribution is -0.0688. The van der Waals surface area contributed by atoms with Gasteiger partial charge in [0, 0.05) is 38.3 Å². The molecule has 1 aromatic carbocycles. The highest BCUT2D eigenvalue weighted by molar-refractivity contribution is 5.33. The van der Waals surface area contributed by atoms with E-state index < -0.39 is 5.60 Å². The zero-order valence-corrected chi connectivity index (χ0v) is 15.6. The molecule has 2 N–H and O–H groups in total. The first-order valence-electron chi connectivity index (χ1n) is 9.75. The van der Waals surface area contributed by atoms with Gasteiger partial charge in [-0.25, -0.2) is 0 Å². The molecule has 1 aromatic rings. The Bertz CT molecular complexity index is 550. The standard InChI is InChI=1S/C20H32N2O4/c23-17-20(24)7-3-8-22(16-20)15-18-5-1-2-6-19(18)26-12-4-9-21-10-13-25-14-11-21/h1-2,5-6,23-24H,3-4,7-17H2. The fourth-order valence-corrected chi connectivity index (χ4v) is 3.78. The predicted octanol–water partition coefficient (Wildman–Crippen LogP) is 1.11. The van der Waals surface area contributed by atoms with Gasteiger partial charge in [0.2, 0.25) is 0 Å². The number of hydrogen-bond donors (Lipinski definition) is 2. The van der Waals surface area contributed by atoms with Gasteiger partial charge in [0.1, 0.15) is 11.4 Å². The zero-order valence-electron chi connectivity index (χ0n) is 15.6. The molecule has 2 aliphatic heterocycles. The molecule has 0 radical (unpaired) electrons. The minimum Gasteiger partial charge on any atom is -0.493 e. The van der Waals surface area contributed by atoms with Crippen LogP contribution in [0.2, 0.25) is 0 Å². The largest absolute Gasteiger partial charge is 0.493 e. The third-order valence-electron chi connectivity index (χ3n) is 5.28. The van der Waals surface area contributed by atoms with Crippen LogP contribution in [-0.4, -0.2) is 84.8 Å². The van der Waals surface area contributed by atoms with E-state index in [9.17, 15) is 10.2 Å². The van der Waals surface area contributed by atoms with Crippen molar-refractivity contribution < 1.29 is 19.7 Å². The quantitative estimate of drug-likeness (QED) is 0.674. The number of benzene rings is 1. The Kier molecular flexibility index (Phi) is 7.28. The number of likely N-dealkylation sites (tertiary alicyclic amines) is 1. The number of hydrogen-bond acceptors (Lipinski definition) is 6. The molecule has 1 unspecified atom stereocenters. The smallest absolute Gasteiger partial charge is 0.123 e. The van der Waals surface area contributed by atoms with E-state index in [0.29, 0.717) is 19.6 Å². The van der Waals surface area contributed by atoms with Gasteiger partial charge >= 0.3 is 0 Å². The molecule has 146 valence electrons. The lowest BCUT2D eigenvalue weighted by atomic mass is 9.93. The minimum atomic E-state index is -0.966. The molecule has 0 bridgehead atoms. The summed E-state index contributed by atoms with van der Waals surface area (Å²) in [5.74, 6) is 0.924. The SMILES string of the molecule is OCC1(O)CCCN(Cc2ccccc2OCCCN2CCOCC2)C1. The number of β-amino-alcohol motifs (C(OH)–C–C–N with tert-alkyl or cyclic N) is 1. The molecular formula is C20H32N2O4. The number of piperidine rings is 1. The summed E-state index contributed by atoms with van der Waals surface area (Å²) >= 11 is 0. The van der Waals surface area contributed by atoms with Gasteiger partial charge in [-0.2, -0.15) is 0 Å². The third-order valence-corrected chi connectivity index (χ3v) is 5.28. The van der Waals surface area contributed by atoms with Crippen LogP contribution < -0.4 is 4.74 Å². The maximum absolute atomic E-state index is 10.4. The molecule has 0 aliphatic carbocycles. The van der Waals surface area contributed by atoms with E-state index in [4.69, 9.17) is 9.47 Å². The molecule has 6 nitrogen and oxygen atoms in total. The lowest BCUT2D eigenvalue weighted by Crippen LogP contribution is -2.50. The maximum atomic E-state index is 10.4. The molecule has 0 saturated carbocycles. The molecular weight excluding hydrogens is 332 g/mol. The molecule has 0 aromatic heterocycles. The third kappa shape index (κ3) is 5.66. The second kappa shape index (κ2) is 9.67. The Labute approximate surface area is 156 Å². The topological polar surface area (TPSA) is 65.4 Å². The number of aliphatic hydroxyl groups is 2. The van der Waals surface area contributed by atoms with Gasteiger partial charge in [0.15, 0.2) is 0 Å². The van der Waals surface area contributed by atoms with Gasteiger partial charge in [-0.15, -0.1) is 0 Å². The van der Waals surface area contributed by atoms with Crippen LogP contribution in [0.15, 0.2) is 24.3 Å².